The summed E-state index contributed by atoms with van der Waals surface area (Å²) in [4.78, 5) is 83.6. The first-order valence-corrected chi connectivity index (χ1v) is 23.4. The Morgan fingerprint density at radius 2 is 0.716 bits per heavy atom. The molecule has 6 aromatic carbocycles. The summed E-state index contributed by atoms with van der Waals surface area (Å²) in [7, 11) is 0. The van der Waals surface area contributed by atoms with Crippen molar-refractivity contribution in [3.8, 4) is 0 Å². The molecule has 17 heteroatoms. The van der Waals surface area contributed by atoms with Crippen LogP contribution in [0.3, 0.4) is 0 Å². The molecule has 0 bridgehead atoms. The van der Waals surface area contributed by atoms with E-state index < -0.39 is 110 Å². The van der Waals surface area contributed by atoms with E-state index in [1.165, 1.54) is 78.9 Å². The fraction of sp³-hybridized carbons (Fsp3) is 0.228. The topological polar surface area (TPSA) is 215 Å². The number of hydrogen-bond donors (Lipinski definition) is 1. The van der Waals surface area contributed by atoms with Gasteiger partial charge in [0.05, 0.1) is 40.0 Å². The van der Waals surface area contributed by atoms with E-state index >= 15 is 0 Å². The van der Waals surface area contributed by atoms with Crippen LogP contribution < -0.4 is 0 Å². The van der Waals surface area contributed by atoms with Crippen LogP contribution in [0, 0.1) is 0 Å². The van der Waals surface area contributed by atoms with E-state index in [4.69, 9.17) is 47.4 Å². The van der Waals surface area contributed by atoms with E-state index in [0.717, 1.165) is 0 Å². The molecule has 2 saturated heterocycles. The molecule has 10 atom stereocenters. The molecule has 74 heavy (non-hydrogen) atoms. The summed E-state index contributed by atoms with van der Waals surface area (Å²) < 4.78 is 61.9. The Kier molecular flexibility index (Phi) is 17.8. The van der Waals surface area contributed by atoms with Crippen LogP contribution in [0.4, 0.5) is 0 Å². The van der Waals surface area contributed by atoms with E-state index in [-0.39, 0.29) is 40.0 Å². The third-order valence-electron chi connectivity index (χ3n) is 11.7. The highest BCUT2D eigenvalue weighted by Gasteiger charge is 2.57. The van der Waals surface area contributed by atoms with Gasteiger partial charge in [-0.25, -0.2) is 28.8 Å². The molecule has 6 aromatic rings. The van der Waals surface area contributed by atoms with Gasteiger partial charge >= 0.3 is 35.8 Å². The van der Waals surface area contributed by atoms with Crippen LogP contribution in [0.1, 0.15) is 62.1 Å². The zero-order chi connectivity index (χ0) is 51.8. The number of aliphatic hydroxyl groups excluding tert-OH is 1. The smallest absolute Gasteiger partial charge is 0.338 e. The second-order valence-electron chi connectivity index (χ2n) is 16.7. The van der Waals surface area contributed by atoms with Gasteiger partial charge < -0.3 is 52.5 Å². The van der Waals surface area contributed by atoms with Crippen molar-refractivity contribution in [1.29, 1.82) is 0 Å². The molecule has 0 aromatic heterocycles. The van der Waals surface area contributed by atoms with Crippen molar-refractivity contribution in [3.05, 3.63) is 228 Å². The molecule has 380 valence electrons. The predicted molar refractivity (Wildman–Crippen MR) is 260 cm³/mol. The number of esters is 6. The number of carbonyl (C=O) groups excluding carboxylic acids is 6. The highest BCUT2D eigenvalue weighted by molar-refractivity contribution is 5.92. The molecule has 0 amide bonds. The molecule has 17 nitrogen and oxygen atoms in total. The molecule has 8 rings (SSSR count). The Morgan fingerprint density at radius 3 is 1.08 bits per heavy atom. The first-order chi connectivity index (χ1) is 36.1. The van der Waals surface area contributed by atoms with Gasteiger partial charge in [0.1, 0.15) is 37.6 Å². The van der Waals surface area contributed by atoms with Crippen molar-refractivity contribution >= 4 is 35.8 Å². The van der Waals surface area contributed by atoms with Crippen molar-refractivity contribution in [2.45, 2.75) is 61.4 Å². The van der Waals surface area contributed by atoms with Gasteiger partial charge in [-0.3, -0.25) is 0 Å². The molecule has 1 N–H and O–H groups in total. The lowest BCUT2D eigenvalue weighted by molar-refractivity contribution is -0.354. The molecule has 2 fully saturated rings. The van der Waals surface area contributed by atoms with E-state index in [0.29, 0.717) is 0 Å². The number of benzene rings is 6. The van der Waals surface area contributed by atoms with Crippen molar-refractivity contribution in [3.63, 3.8) is 0 Å². The summed E-state index contributed by atoms with van der Waals surface area (Å²) in [5.41, 5.74) is 0.560. The Hall–Kier alpha value is -8.32. The molecule has 2 aliphatic rings. The van der Waals surface area contributed by atoms with Crippen molar-refractivity contribution in [2.24, 2.45) is 0 Å². The van der Waals surface area contributed by atoms with Crippen molar-refractivity contribution in [1.82, 2.24) is 0 Å². The quantitative estimate of drug-likeness (QED) is 0.0491. The maximum atomic E-state index is 14.3. The maximum absolute atomic E-state index is 14.3. The van der Waals surface area contributed by atoms with Gasteiger partial charge in [-0.15, -0.1) is 6.58 Å². The molecule has 0 radical (unpaired) electrons. The normalized spacial score (nSPS) is 23.2. The van der Waals surface area contributed by atoms with Gasteiger partial charge in [0, 0.05) is 0 Å². The average molecular weight is 1010 g/mol. The van der Waals surface area contributed by atoms with Crippen LogP contribution in [0.2, 0.25) is 0 Å². The Balaban J connectivity index is 1.25. The molecule has 2 aliphatic heterocycles. The second kappa shape index (κ2) is 25.4. The van der Waals surface area contributed by atoms with Crippen LogP contribution >= 0.6 is 0 Å². The SMILES string of the molecule is C=CCO[C@@H]1[C@H](OC(=O)c2ccccc2)[C@@H](OC(=O)c2ccccc2)[C@H](O[C@H]2[C@H](OC(=O)c3ccccc3)[C@@H](OC(=O)c3ccccc3)[C@H](O)O[C@@H]2COC(=O)c2ccccc2)O[C@@H]1COC(=O)c1ccccc1. The Labute approximate surface area is 425 Å². The zero-order valence-electron chi connectivity index (χ0n) is 39.5. The van der Waals surface area contributed by atoms with Gasteiger partial charge in [0.15, 0.2) is 37.0 Å². The summed E-state index contributed by atoms with van der Waals surface area (Å²) >= 11 is 0. The minimum absolute atomic E-state index is 0.0337. The number of hydrogen-bond acceptors (Lipinski definition) is 17. The standard InChI is InChI=1S/C57H50O17/c1-2-33-65-44-42(34-66-50(58)36-21-9-3-10-22-36)69-57(49(73-55(63)41-31-19-8-20-32-41)46(44)70-52(60)38-25-13-5-14-26-38)74-45-43(35-67-51(59)37-23-11-4-12-24-37)68-56(64)48(72-54(62)40-29-17-7-18-30-40)47(45)71-53(61)39-27-15-6-16-28-39/h2-32,42-49,56-57,64H,1,33-35H2/t42-,43-,44+,45-,46+,47+,48-,49-,56-,57+/m1/s1. The van der Waals surface area contributed by atoms with Crippen molar-refractivity contribution in [2.75, 3.05) is 19.8 Å². The van der Waals surface area contributed by atoms with Gasteiger partial charge in [0.2, 0.25) is 0 Å². The molecule has 2 heterocycles. The molecule has 0 saturated carbocycles. The summed E-state index contributed by atoms with van der Waals surface area (Å²) in [6.45, 7) is 2.29. The van der Waals surface area contributed by atoms with Gasteiger partial charge in [-0.1, -0.05) is 115 Å². The van der Waals surface area contributed by atoms with E-state index in [1.54, 1.807) is 109 Å². The third-order valence-corrected chi connectivity index (χ3v) is 11.7. The zero-order valence-corrected chi connectivity index (χ0v) is 39.5. The molecule has 0 aliphatic carbocycles. The van der Waals surface area contributed by atoms with Crippen molar-refractivity contribution < 1.29 is 81.2 Å². The lowest BCUT2D eigenvalue weighted by atomic mass is 9.95. The molecular formula is C57H50O17. The molecule has 0 unspecified atom stereocenters. The lowest BCUT2D eigenvalue weighted by Gasteiger charge is -2.48. The first kappa shape index (κ1) is 52.0. The number of rotatable bonds is 19. The second-order valence-corrected chi connectivity index (χ2v) is 16.7. The Bertz CT molecular complexity index is 2820. The van der Waals surface area contributed by atoms with Crippen LogP contribution in [0.15, 0.2) is 195 Å². The molecular weight excluding hydrogens is 957 g/mol. The number of ether oxygens (including phenoxy) is 10. The Morgan fingerprint density at radius 1 is 0.405 bits per heavy atom. The largest absolute Gasteiger partial charge is 0.459 e. The summed E-state index contributed by atoms with van der Waals surface area (Å²) in [5.74, 6) is -5.39. The minimum atomic E-state index is -2.07. The van der Waals surface area contributed by atoms with Crippen LogP contribution in [-0.2, 0) is 47.4 Å². The maximum Gasteiger partial charge on any atom is 0.338 e. The predicted octanol–water partition coefficient (Wildman–Crippen LogP) is 7.00. The highest BCUT2D eigenvalue weighted by Crippen LogP contribution is 2.36. The third kappa shape index (κ3) is 13.2. The van der Waals surface area contributed by atoms with Crippen LogP contribution in [-0.4, -0.2) is 122 Å². The van der Waals surface area contributed by atoms with Crippen LogP contribution in [0.5, 0.6) is 0 Å². The summed E-state index contributed by atoms with van der Waals surface area (Å²) in [6.07, 6.45) is -16.1. The number of carbonyl (C=O) groups is 6. The molecule has 0 spiro atoms. The average Bonchev–Trinajstić information content (AvgIpc) is 3.45. The van der Waals surface area contributed by atoms with Gasteiger partial charge in [-0.05, 0) is 72.8 Å². The van der Waals surface area contributed by atoms with E-state index in [2.05, 4.69) is 6.58 Å². The van der Waals surface area contributed by atoms with E-state index in [9.17, 15) is 33.9 Å². The fourth-order valence-electron chi connectivity index (χ4n) is 8.06. The summed E-state index contributed by atoms with van der Waals surface area (Å²) in [5, 5.41) is 11.8. The minimum Gasteiger partial charge on any atom is -0.459 e. The van der Waals surface area contributed by atoms with Crippen LogP contribution in [0.25, 0.3) is 0 Å². The fourth-order valence-corrected chi connectivity index (χ4v) is 8.06. The monoisotopic (exact) mass is 1010 g/mol. The lowest BCUT2D eigenvalue weighted by Crippen LogP contribution is -2.67. The number of aliphatic hydroxyl groups is 1. The van der Waals surface area contributed by atoms with Gasteiger partial charge in [-0.2, -0.15) is 0 Å². The van der Waals surface area contributed by atoms with Gasteiger partial charge in [0.25, 0.3) is 0 Å². The summed E-state index contributed by atoms with van der Waals surface area (Å²) in [6, 6.07) is 47.2. The highest BCUT2D eigenvalue weighted by atomic mass is 16.8. The first-order valence-electron chi connectivity index (χ1n) is 23.4. The van der Waals surface area contributed by atoms with E-state index in [1.807, 2.05) is 0 Å².